The average Bonchev–Trinajstić information content (AvgIpc) is 3.07. The molecule has 1 heterocycles. The fourth-order valence-corrected chi connectivity index (χ4v) is 3.80. The molecule has 0 spiro atoms. The lowest BCUT2D eigenvalue weighted by Crippen LogP contribution is -2.14. The van der Waals surface area contributed by atoms with Crippen LogP contribution in [-0.2, 0) is 13.2 Å². The molecule has 0 aliphatic carbocycles. The zero-order valence-corrected chi connectivity index (χ0v) is 19.6. The summed E-state index contributed by atoms with van der Waals surface area (Å²) in [5.74, 6) is 0.705. The van der Waals surface area contributed by atoms with Crippen molar-refractivity contribution < 1.29 is 9.53 Å². The van der Waals surface area contributed by atoms with Crippen LogP contribution in [0.15, 0.2) is 72.8 Å². The number of nitrogens with zero attached hydrogens (tertiary/aromatic N) is 2. The first-order chi connectivity index (χ1) is 15.9. The summed E-state index contributed by atoms with van der Waals surface area (Å²) in [5.41, 5.74) is 7.43. The standard InChI is InChI=1S/C28H29N3O2/c1-19-13-14-20(2)26(15-19)33-18-24-11-8-12-25(16-24)28(32)29-27-21(3)30-31(22(27)4)17-23-9-6-5-7-10-23/h5-16H,17-18H2,1-4H3,(H,29,32). The van der Waals surface area contributed by atoms with Crippen molar-refractivity contribution in [2.45, 2.75) is 40.8 Å². The van der Waals surface area contributed by atoms with Gasteiger partial charge in [-0.25, -0.2) is 0 Å². The van der Waals surface area contributed by atoms with E-state index in [-0.39, 0.29) is 5.91 Å². The molecule has 0 atom stereocenters. The number of carbonyl (C=O) groups is 1. The molecule has 1 N–H and O–H groups in total. The summed E-state index contributed by atoms with van der Waals surface area (Å²) < 4.78 is 7.94. The van der Waals surface area contributed by atoms with Gasteiger partial charge in [-0.1, -0.05) is 54.6 Å². The highest BCUT2D eigenvalue weighted by Crippen LogP contribution is 2.23. The first kappa shape index (κ1) is 22.3. The number of hydrogen-bond acceptors (Lipinski definition) is 3. The van der Waals surface area contributed by atoms with Crippen molar-refractivity contribution in [2.24, 2.45) is 0 Å². The van der Waals surface area contributed by atoms with Crippen LogP contribution in [-0.4, -0.2) is 15.7 Å². The number of anilines is 1. The molecule has 33 heavy (non-hydrogen) atoms. The Hall–Kier alpha value is -3.86. The predicted molar refractivity (Wildman–Crippen MR) is 132 cm³/mol. The molecule has 0 radical (unpaired) electrons. The Morgan fingerprint density at radius 1 is 0.909 bits per heavy atom. The van der Waals surface area contributed by atoms with Crippen molar-refractivity contribution in [3.63, 3.8) is 0 Å². The second-order valence-electron chi connectivity index (χ2n) is 8.40. The highest BCUT2D eigenvalue weighted by molar-refractivity contribution is 6.05. The van der Waals surface area contributed by atoms with Gasteiger partial charge in [0.2, 0.25) is 0 Å². The number of carbonyl (C=O) groups excluding carboxylic acids is 1. The SMILES string of the molecule is Cc1ccc(C)c(OCc2cccc(C(=O)Nc3c(C)nn(Cc4ccccc4)c3C)c2)c1. The summed E-state index contributed by atoms with van der Waals surface area (Å²) in [4.78, 5) is 13.0. The number of hydrogen-bond donors (Lipinski definition) is 1. The molecule has 0 saturated heterocycles. The van der Waals surface area contributed by atoms with Crippen LogP contribution in [0.1, 0.15) is 44.0 Å². The third kappa shape index (κ3) is 5.32. The molecule has 0 fully saturated rings. The number of ether oxygens (including phenoxy) is 1. The van der Waals surface area contributed by atoms with Crippen LogP contribution in [0, 0.1) is 27.7 Å². The maximum absolute atomic E-state index is 13.0. The van der Waals surface area contributed by atoms with Gasteiger partial charge >= 0.3 is 0 Å². The predicted octanol–water partition coefficient (Wildman–Crippen LogP) is 6.00. The number of amides is 1. The van der Waals surface area contributed by atoms with Gasteiger partial charge in [-0.2, -0.15) is 5.10 Å². The third-order valence-electron chi connectivity index (χ3n) is 5.72. The molecule has 5 heteroatoms. The van der Waals surface area contributed by atoms with Crippen molar-refractivity contribution >= 4 is 11.6 Å². The van der Waals surface area contributed by atoms with E-state index in [1.54, 1.807) is 0 Å². The molecule has 5 nitrogen and oxygen atoms in total. The zero-order chi connectivity index (χ0) is 23.4. The second-order valence-corrected chi connectivity index (χ2v) is 8.40. The lowest BCUT2D eigenvalue weighted by Gasteiger charge is -2.11. The quantitative estimate of drug-likeness (QED) is 0.384. The zero-order valence-electron chi connectivity index (χ0n) is 19.6. The lowest BCUT2D eigenvalue weighted by molar-refractivity contribution is 0.102. The largest absolute Gasteiger partial charge is 0.489 e. The number of aryl methyl sites for hydroxylation is 3. The van der Waals surface area contributed by atoms with Gasteiger partial charge in [-0.3, -0.25) is 9.48 Å². The smallest absolute Gasteiger partial charge is 0.255 e. The minimum Gasteiger partial charge on any atom is -0.489 e. The Bertz CT molecular complexity index is 1280. The van der Waals surface area contributed by atoms with Gasteiger partial charge in [0.15, 0.2) is 0 Å². The van der Waals surface area contributed by atoms with Crippen LogP contribution in [0.2, 0.25) is 0 Å². The van der Waals surface area contributed by atoms with E-state index < -0.39 is 0 Å². The molecule has 0 saturated carbocycles. The summed E-state index contributed by atoms with van der Waals surface area (Å²) in [6, 6.07) is 23.9. The first-order valence-electron chi connectivity index (χ1n) is 11.1. The molecular formula is C28H29N3O2. The molecule has 0 aliphatic heterocycles. The van der Waals surface area contributed by atoms with E-state index >= 15 is 0 Å². The molecule has 1 amide bonds. The van der Waals surface area contributed by atoms with E-state index in [1.165, 1.54) is 0 Å². The molecule has 0 bridgehead atoms. The third-order valence-corrected chi connectivity index (χ3v) is 5.72. The van der Waals surface area contributed by atoms with Gasteiger partial charge in [0.25, 0.3) is 5.91 Å². The van der Waals surface area contributed by atoms with Crippen LogP contribution in [0.5, 0.6) is 5.75 Å². The van der Waals surface area contributed by atoms with Gasteiger partial charge in [0.05, 0.1) is 23.6 Å². The van der Waals surface area contributed by atoms with Crippen molar-refractivity contribution in [3.05, 3.63) is 112 Å². The average molecular weight is 440 g/mol. The van der Waals surface area contributed by atoms with Crippen LogP contribution >= 0.6 is 0 Å². The molecule has 0 unspecified atom stereocenters. The van der Waals surface area contributed by atoms with Gasteiger partial charge in [-0.15, -0.1) is 0 Å². The molecule has 4 rings (SSSR count). The van der Waals surface area contributed by atoms with Crippen LogP contribution < -0.4 is 10.1 Å². The van der Waals surface area contributed by atoms with E-state index in [1.807, 2.05) is 80.9 Å². The van der Waals surface area contributed by atoms with E-state index in [0.29, 0.717) is 18.7 Å². The minimum absolute atomic E-state index is 0.158. The van der Waals surface area contributed by atoms with Crippen LogP contribution in [0.4, 0.5) is 5.69 Å². The maximum Gasteiger partial charge on any atom is 0.255 e. The molecular weight excluding hydrogens is 410 g/mol. The van der Waals surface area contributed by atoms with Gasteiger partial charge in [0, 0.05) is 5.56 Å². The van der Waals surface area contributed by atoms with E-state index in [0.717, 1.165) is 45.1 Å². The lowest BCUT2D eigenvalue weighted by atomic mass is 10.1. The Labute approximate surface area is 195 Å². The second kappa shape index (κ2) is 9.74. The topological polar surface area (TPSA) is 56.1 Å². The van der Waals surface area contributed by atoms with Crippen molar-refractivity contribution in [3.8, 4) is 5.75 Å². The number of rotatable bonds is 7. The fraction of sp³-hybridized carbons (Fsp3) is 0.214. The minimum atomic E-state index is -0.158. The van der Waals surface area contributed by atoms with Gasteiger partial charge < -0.3 is 10.1 Å². The summed E-state index contributed by atoms with van der Waals surface area (Å²) in [5, 5.41) is 7.69. The fourth-order valence-electron chi connectivity index (χ4n) is 3.80. The molecule has 168 valence electrons. The summed E-state index contributed by atoms with van der Waals surface area (Å²) in [7, 11) is 0. The normalized spacial score (nSPS) is 10.8. The molecule has 4 aromatic rings. The maximum atomic E-state index is 13.0. The Morgan fingerprint density at radius 3 is 2.45 bits per heavy atom. The van der Waals surface area contributed by atoms with E-state index in [2.05, 4.69) is 34.7 Å². The Morgan fingerprint density at radius 2 is 1.67 bits per heavy atom. The Balaban J connectivity index is 1.46. The van der Waals surface area contributed by atoms with E-state index in [9.17, 15) is 4.79 Å². The van der Waals surface area contributed by atoms with Gasteiger partial charge in [-0.05, 0) is 68.1 Å². The highest BCUT2D eigenvalue weighted by atomic mass is 16.5. The highest BCUT2D eigenvalue weighted by Gasteiger charge is 2.16. The summed E-state index contributed by atoms with van der Waals surface area (Å²) in [6.07, 6.45) is 0. The molecule has 0 aliphatic rings. The molecule has 1 aromatic heterocycles. The Kier molecular flexibility index (Phi) is 6.59. The van der Waals surface area contributed by atoms with E-state index in [4.69, 9.17) is 4.74 Å². The number of benzene rings is 3. The van der Waals surface area contributed by atoms with Crippen molar-refractivity contribution in [2.75, 3.05) is 5.32 Å². The van der Waals surface area contributed by atoms with Gasteiger partial charge in [0.1, 0.15) is 12.4 Å². The monoisotopic (exact) mass is 439 g/mol. The summed E-state index contributed by atoms with van der Waals surface area (Å²) >= 11 is 0. The van der Waals surface area contributed by atoms with Crippen LogP contribution in [0.25, 0.3) is 0 Å². The van der Waals surface area contributed by atoms with Crippen LogP contribution in [0.3, 0.4) is 0 Å². The number of nitrogens with one attached hydrogen (secondary N) is 1. The van der Waals surface area contributed by atoms with Crippen molar-refractivity contribution in [1.29, 1.82) is 0 Å². The summed E-state index contributed by atoms with van der Waals surface area (Å²) in [6.45, 7) is 9.03. The first-order valence-corrected chi connectivity index (χ1v) is 11.1. The number of aromatic nitrogens is 2. The molecule has 3 aromatic carbocycles. The van der Waals surface area contributed by atoms with Crippen molar-refractivity contribution in [1.82, 2.24) is 9.78 Å².